The van der Waals surface area contributed by atoms with Crippen LogP contribution in [0.15, 0.2) is 48.7 Å². The van der Waals surface area contributed by atoms with Crippen molar-refractivity contribution in [1.29, 1.82) is 0 Å². The number of ether oxygens (including phenoxy) is 1. The van der Waals surface area contributed by atoms with Crippen molar-refractivity contribution >= 4 is 39.8 Å². The van der Waals surface area contributed by atoms with Gasteiger partial charge in [-0.15, -0.1) is 0 Å². The Bertz CT molecular complexity index is 925. The van der Waals surface area contributed by atoms with Gasteiger partial charge in [0.2, 0.25) is 0 Å². The summed E-state index contributed by atoms with van der Waals surface area (Å²) in [6.07, 6.45) is 2.39. The van der Waals surface area contributed by atoms with E-state index in [1.54, 1.807) is 13.0 Å². The number of rotatable bonds is 5. The van der Waals surface area contributed by atoms with E-state index >= 15 is 0 Å². The number of hydrogen-bond acceptors (Lipinski definition) is 4. The Kier molecular flexibility index (Phi) is 5.19. The molecule has 25 heavy (non-hydrogen) atoms. The molecule has 3 rings (SSSR count). The van der Waals surface area contributed by atoms with E-state index in [-0.39, 0.29) is 0 Å². The summed E-state index contributed by atoms with van der Waals surface area (Å²) in [5.41, 5.74) is 3.80. The number of nitrogens with zero attached hydrogens (tertiary/aromatic N) is 1. The summed E-state index contributed by atoms with van der Waals surface area (Å²) in [5.74, 6) is -0.409. The van der Waals surface area contributed by atoms with E-state index in [0.29, 0.717) is 28.4 Å². The quantitative estimate of drug-likeness (QED) is 0.626. The summed E-state index contributed by atoms with van der Waals surface area (Å²) in [6, 6.07) is 13.5. The summed E-state index contributed by atoms with van der Waals surface area (Å²) in [6.45, 7) is 4.18. The third-order valence-electron chi connectivity index (χ3n) is 4.00. The minimum absolute atomic E-state index is 0.303. The van der Waals surface area contributed by atoms with Crippen LogP contribution in [0.25, 0.3) is 10.9 Å². The Morgan fingerprint density at radius 2 is 1.96 bits per heavy atom. The molecule has 0 saturated heterocycles. The third kappa shape index (κ3) is 3.44. The maximum Gasteiger partial charge on any atom is 0.341 e. The topological polar surface area (TPSA) is 51.2 Å². The predicted octanol–water partition coefficient (Wildman–Crippen LogP) is 5.37. The summed E-state index contributed by atoms with van der Waals surface area (Å²) in [5, 5.41) is 4.72. The van der Waals surface area contributed by atoms with Crippen molar-refractivity contribution in [3.8, 4) is 0 Å². The van der Waals surface area contributed by atoms with Crippen LogP contribution in [-0.4, -0.2) is 17.6 Å². The van der Waals surface area contributed by atoms with Crippen LogP contribution in [0.4, 0.5) is 11.4 Å². The number of carbonyl (C=O) groups is 1. The van der Waals surface area contributed by atoms with Crippen LogP contribution >= 0.6 is 11.6 Å². The minimum Gasteiger partial charge on any atom is -0.462 e. The normalized spacial score (nSPS) is 10.7. The number of aromatic nitrogens is 1. The van der Waals surface area contributed by atoms with E-state index in [0.717, 1.165) is 23.1 Å². The highest BCUT2D eigenvalue weighted by molar-refractivity contribution is 6.35. The van der Waals surface area contributed by atoms with Crippen LogP contribution in [0, 0.1) is 0 Å². The molecule has 0 aliphatic rings. The number of benzene rings is 2. The standard InChI is InChI=1S/C20H19ClN2O2/c1-3-13-8-5-6-11-17(13)23-18-14-9-7-10-16(21)19(14)22-12-15(18)20(24)25-4-2/h5-12H,3-4H2,1-2H3,(H,22,23). The van der Waals surface area contributed by atoms with Crippen molar-refractivity contribution in [2.75, 3.05) is 11.9 Å². The molecule has 0 unspecified atom stereocenters. The van der Waals surface area contributed by atoms with E-state index in [9.17, 15) is 4.79 Å². The van der Waals surface area contributed by atoms with Crippen LogP contribution in [0.2, 0.25) is 5.02 Å². The van der Waals surface area contributed by atoms with E-state index in [2.05, 4.69) is 23.3 Å². The van der Waals surface area contributed by atoms with Gasteiger partial charge in [0.25, 0.3) is 0 Å². The van der Waals surface area contributed by atoms with Crippen molar-refractivity contribution in [2.24, 2.45) is 0 Å². The highest BCUT2D eigenvalue weighted by Crippen LogP contribution is 2.33. The van der Waals surface area contributed by atoms with Gasteiger partial charge in [-0.25, -0.2) is 4.79 Å². The number of pyridine rings is 1. The molecule has 1 aromatic heterocycles. The first-order chi connectivity index (χ1) is 12.2. The van der Waals surface area contributed by atoms with Gasteiger partial charge in [-0.3, -0.25) is 4.98 Å². The molecule has 1 N–H and O–H groups in total. The zero-order valence-corrected chi connectivity index (χ0v) is 14.9. The zero-order valence-electron chi connectivity index (χ0n) is 14.2. The lowest BCUT2D eigenvalue weighted by Gasteiger charge is -2.16. The van der Waals surface area contributed by atoms with Gasteiger partial charge in [-0.1, -0.05) is 48.9 Å². The number of nitrogens with one attached hydrogen (secondary N) is 1. The second-order valence-corrected chi connectivity index (χ2v) is 5.95. The van der Waals surface area contributed by atoms with Crippen molar-refractivity contribution < 1.29 is 9.53 Å². The van der Waals surface area contributed by atoms with Crippen LogP contribution in [0.3, 0.4) is 0 Å². The van der Waals surface area contributed by atoms with Crippen LogP contribution in [0.5, 0.6) is 0 Å². The Morgan fingerprint density at radius 3 is 2.72 bits per heavy atom. The summed E-state index contributed by atoms with van der Waals surface area (Å²) < 4.78 is 5.19. The monoisotopic (exact) mass is 354 g/mol. The predicted molar refractivity (Wildman–Crippen MR) is 102 cm³/mol. The van der Waals surface area contributed by atoms with E-state index in [4.69, 9.17) is 16.3 Å². The average molecular weight is 355 g/mol. The molecule has 0 radical (unpaired) electrons. The fraction of sp³-hybridized carbons (Fsp3) is 0.200. The van der Waals surface area contributed by atoms with Gasteiger partial charge >= 0.3 is 5.97 Å². The largest absolute Gasteiger partial charge is 0.462 e. The van der Waals surface area contributed by atoms with Gasteiger partial charge < -0.3 is 10.1 Å². The molecule has 0 saturated carbocycles. The summed E-state index contributed by atoms with van der Waals surface area (Å²) >= 11 is 6.28. The molecule has 1 heterocycles. The fourth-order valence-corrected chi connectivity index (χ4v) is 2.99. The molecule has 0 atom stereocenters. The molecule has 3 aromatic rings. The molecular weight excluding hydrogens is 336 g/mol. The lowest BCUT2D eigenvalue weighted by molar-refractivity contribution is 0.0527. The zero-order chi connectivity index (χ0) is 17.8. The van der Waals surface area contributed by atoms with Crippen molar-refractivity contribution in [3.05, 3.63) is 64.8 Å². The Hall–Kier alpha value is -2.59. The Balaban J connectivity index is 2.20. The van der Waals surface area contributed by atoms with Crippen LogP contribution < -0.4 is 5.32 Å². The number of carbonyl (C=O) groups excluding carboxylic acids is 1. The van der Waals surface area contributed by atoms with Gasteiger partial charge in [0.1, 0.15) is 5.56 Å². The van der Waals surface area contributed by atoms with Crippen molar-refractivity contribution in [1.82, 2.24) is 4.98 Å². The SMILES string of the molecule is CCOC(=O)c1cnc2c(Cl)cccc2c1Nc1ccccc1CC. The van der Waals surface area contributed by atoms with Crippen LogP contribution in [0.1, 0.15) is 29.8 Å². The van der Waals surface area contributed by atoms with E-state index in [1.807, 2.05) is 30.3 Å². The minimum atomic E-state index is -0.409. The fourth-order valence-electron chi connectivity index (χ4n) is 2.77. The molecule has 0 fully saturated rings. The highest BCUT2D eigenvalue weighted by atomic mass is 35.5. The van der Waals surface area contributed by atoms with Gasteiger partial charge in [0.05, 0.1) is 22.8 Å². The second kappa shape index (κ2) is 7.53. The van der Waals surface area contributed by atoms with E-state index in [1.165, 1.54) is 6.20 Å². The highest BCUT2D eigenvalue weighted by Gasteiger charge is 2.18. The van der Waals surface area contributed by atoms with Crippen LogP contribution in [-0.2, 0) is 11.2 Å². The average Bonchev–Trinajstić information content (AvgIpc) is 2.63. The number of halogens is 1. The van der Waals surface area contributed by atoms with E-state index < -0.39 is 5.97 Å². The first-order valence-corrected chi connectivity index (χ1v) is 8.62. The lowest BCUT2D eigenvalue weighted by Crippen LogP contribution is -2.10. The number of esters is 1. The molecule has 2 aromatic carbocycles. The molecule has 0 spiro atoms. The number of para-hydroxylation sites is 2. The lowest BCUT2D eigenvalue weighted by atomic mass is 10.1. The molecule has 0 aliphatic heterocycles. The van der Waals surface area contributed by atoms with Crippen molar-refractivity contribution in [3.63, 3.8) is 0 Å². The molecule has 0 amide bonds. The van der Waals surface area contributed by atoms with Gasteiger partial charge in [-0.2, -0.15) is 0 Å². The molecular formula is C20H19ClN2O2. The van der Waals surface area contributed by atoms with Gasteiger partial charge in [-0.05, 0) is 31.0 Å². The summed E-state index contributed by atoms with van der Waals surface area (Å²) in [7, 11) is 0. The van der Waals surface area contributed by atoms with Gasteiger partial charge in [0.15, 0.2) is 0 Å². The first kappa shape index (κ1) is 17.2. The Labute approximate surface area is 151 Å². The second-order valence-electron chi connectivity index (χ2n) is 5.54. The first-order valence-electron chi connectivity index (χ1n) is 8.25. The maximum absolute atomic E-state index is 12.4. The number of fused-ring (bicyclic) bond motifs is 1. The third-order valence-corrected chi connectivity index (χ3v) is 4.31. The molecule has 5 heteroatoms. The number of hydrogen-bond donors (Lipinski definition) is 1. The molecule has 4 nitrogen and oxygen atoms in total. The molecule has 0 aliphatic carbocycles. The number of anilines is 2. The smallest absolute Gasteiger partial charge is 0.341 e. The maximum atomic E-state index is 12.4. The molecule has 128 valence electrons. The van der Waals surface area contributed by atoms with Crippen molar-refractivity contribution in [2.45, 2.75) is 20.3 Å². The van der Waals surface area contributed by atoms with Gasteiger partial charge in [0, 0.05) is 17.3 Å². The number of aryl methyl sites for hydroxylation is 1. The molecule has 0 bridgehead atoms. The summed E-state index contributed by atoms with van der Waals surface area (Å²) in [4.78, 5) is 16.8. The Morgan fingerprint density at radius 1 is 1.16 bits per heavy atom.